The third-order valence-electron chi connectivity index (χ3n) is 8.13. The van der Waals surface area contributed by atoms with Gasteiger partial charge in [0, 0.05) is 42.9 Å². The van der Waals surface area contributed by atoms with Gasteiger partial charge in [0.1, 0.15) is 47.4 Å². The number of primary amides is 1. The van der Waals surface area contributed by atoms with Gasteiger partial charge in [-0.2, -0.15) is 5.06 Å². The lowest BCUT2D eigenvalue weighted by atomic mass is 9.84. The van der Waals surface area contributed by atoms with Crippen LogP contribution in [0.4, 0.5) is 13.2 Å². The Hall–Kier alpha value is -4.24. The van der Waals surface area contributed by atoms with Crippen LogP contribution in [0, 0.1) is 17.5 Å². The van der Waals surface area contributed by atoms with E-state index in [0.717, 1.165) is 6.20 Å². The number of hydrogen-bond donors (Lipinski definition) is 2. The van der Waals surface area contributed by atoms with Gasteiger partial charge in [0.05, 0.1) is 12.6 Å². The molecule has 3 aliphatic rings. The first-order chi connectivity index (χ1) is 19.0. The van der Waals surface area contributed by atoms with Crippen molar-refractivity contribution in [2.45, 2.75) is 56.6 Å². The van der Waals surface area contributed by atoms with Gasteiger partial charge in [-0.3, -0.25) is 19.2 Å². The summed E-state index contributed by atoms with van der Waals surface area (Å²) < 4.78 is 45.9. The Bertz CT molecular complexity index is 1570. The molecule has 6 rings (SSSR count). The standard InChI is InChI=1S/C25H24F3N7O5/c1-12-2-3-25(18-9-33(12)24(39)20-22(37)21(36)15(23(29)38)7-34(18)20)6-19(32-10-30-31-11-32)35(40-25)8-14-16(27)4-13(26)5-17(14)28/h4-5,7,10-12,18-19,37H,2-3,6,8-9H2,1H3,(H2,29,38)/t12-,18+,19?,25-/m0/s1. The summed E-state index contributed by atoms with van der Waals surface area (Å²) in [5.41, 5.74) is 1.95. The van der Waals surface area contributed by atoms with Crippen LogP contribution in [-0.2, 0) is 11.4 Å². The summed E-state index contributed by atoms with van der Waals surface area (Å²) in [7, 11) is 0. The van der Waals surface area contributed by atoms with Gasteiger partial charge in [0.15, 0.2) is 11.4 Å². The van der Waals surface area contributed by atoms with Crippen molar-refractivity contribution in [3.8, 4) is 5.75 Å². The minimum absolute atomic E-state index is 0.0928. The molecule has 0 aliphatic carbocycles. The monoisotopic (exact) mass is 559 g/mol. The molecule has 1 aromatic carbocycles. The number of carbonyl (C=O) groups is 2. The van der Waals surface area contributed by atoms with E-state index in [1.54, 1.807) is 4.57 Å². The molecule has 40 heavy (non-hydrogen) atoms. The third kappa shape index (κ3) is 3.87. The van der Waals surface area contributed by atoms with E-state index in [4.69, 9.17) is 10.6 Å². The molecule has 5 heterocycles. The summed E-state index contributed by atoms with van der Waals surface area (Å²) >= 11 is 0. The van der Waals surface area contributed by atoms with E-state index in [2.05, 4.69) is 10.2 Å². The lowest BCUT2D eigenvalue weighted by Gasteiger charge is -2.42. The molecular formula is C25H24F3N7O5. The molecule has 1 spiro atoms. The van der Waals surface area contributed by atoms with Crippen LogP contribution in [0.2, 0.25) is 0 Å². The number of rotatable bonds is 4. The van der Waals surface area contributed by atoms with Crippen molar-refractivity contribution >= 4 is 11.8 Å². The lowest BCUT2D eigenvalue weighted by molar-refractivity contribution is -0.235. The summed E-state index contributed by atoms with van der Waals surface area (Å²) in [6.45, 7) is 1.50. The molecule has 210 valence electrons. The number of benzene rings is 1. The molecule has 2 fully saturated rings. The fourth-order valence-corrected chi connectivity index (χ4v) is 6.04. The first-order valence-electron chi connectivity index (χ1n) is 12.5. The molecule has 15 heteroatoms. The van der Waals surface area contributed by atoms with Gasteiger partial charge in [0.25, 0.3) is 11.8 Å². The van der Waals surface area contributed by atoms with Crippen molar-refractivity contribution < 1.29 is 32.7 Å². The molecule has 3 aliphatic heterocycles. The summed E-state index contributed by atoms with van der Waals surface area (Å²) in [4.78, 5) is 46.2. The van der Waals surface area contributed by atoms with Crippen LogP contribution in [0.25, 0.3) is 0 Å². The predicted octanol–water partition coefficient (Wildman–Crippen LogP) is 1.62. The van der Waals surface area contributed by atoms with Crippen LogP contribution < -0.4 is 11.2 Å². The SMILES string of the molecule is C[C@H]1CC[C@]2(CC(n3cnnc3)N(Cc3c(F)cc(F)cc3F)O2)[C@H]2CN1C(=O)c1c(O)c(=O)c(C(N)=O)cn12. The molecule has 2 bridgehead atoms. The molecule has 2 saturated heterocycles. The Morgan fingerprint density at radius 2 is 1.88 bits per heavy atom. The minimum atomic E-state index is -1.16. The number of hydroxylamine groups is 2. The Kier molecular flexibility index (Phi) is 5.96. The second-order valence-corrected chi connectivity index (χ2v) is 10.4. The fourth-order valence-electron chi connectivity index (χ4n) is 6.04. The normalized spacial score (nSPS) is 26.2. The molecule has 4 atom stereocenters. The zero-order chi connectivity index (χ0) is 28.5. The summed E-state index contributed by atoms with van der Waals surface area (Å²) in [6, 6.07) is 0.0982. The van der Waals surface area contributed by atoms with E-state index >= 15 is 0 Å². The van der Waals surface area contributed by atoms with Gasteiger partial charge in [-0.1, -0.05) is 0 Å². The molecule has 12 nitrogen and oxygen atoms in total. The highest BCUT2D eigenvalue weighted by molar-refractivity contribution is 5.99. The van der Waals surface area contributed by atoms with E-state index < -0.39 is 75.9 Å². The van der Waals surface area contributed by atoms with Crippen LogP contribution in [0.1, 0.15) is 64.8 Å². The van der Waals surface area contributed by atoms with Crippen LogP contribution in [-0.4, -0.2) is 64.4 Å². The largest absolute Gasteiger partial charge is 0.503 e. The number of fused-ring (bicyclic) bond motifs is 5. The van der Waals surface area contributed by atoms with Gasteiger partial charge in [0.2, 0.25) is 5.43 Å². The molecule has 3 aromatic rings. The van der Waals surface area contributed by atoms with Crippen LogP contribution in [0.3, 0.4) is 0 Å². The van der Waals surface area contributed by atoms with Crippen molar-refractivity contribution in [3.05, 3.63) is 75.5 Å². The fraction of sp³-hybridized carbons (Fsp3) is 0.400. The first-order valence-corrected chi connectivity index (χ1v) is 12.5. The van der Waals surface area contributed by atoms with Crippen molar-refractivity contribution in [2.24, 2.45) is 5.73 Å². The van der Waals surface area contributed by atoms with Gasteiger partial charge in [-0.15, -0.1) is 10.2 Å². The Morgan fingerprint density at radius 1 is 1.20 bits per heavy atom. The number of hydrogen-bond acceptors (Lipinski definition) is 8. The average Bonchev–Trinajstić information content (AvgIpc) is 3.52. The molecule has 1 unspecified atom stereocenters. The molecule has 2 amide bonds. The van der Waals surface area contributed by atoms with Gasteiger partial charge >= 0.3 is 0 Å². The number of halogens is 3. The second kappa shape index (κ2) is 9.16. The van der Waals surface area contributed by atoms with Crippen molar-refractivity contribution in [3.63, 3.8) is 0 Å². The van der Waals surface area contributed by atoms with Crippen LogP contribution >= 0.6 is 0 Å². The van der Waals surface area contributed by atoms with Gasteiger partial charge in [-0.25, -0.2) is 13.2 Å². The van der Waals surface area contributed by atoms with Crippen molar-refractivity contribution in [2.75, 3.05) is 6.54 Å². The zero-order valence-corrected chi connectivity index (χ0v) is 21.1. The maximum atomic E-state index is 14.7. The molecule has 0 radical (unpaired) electrons. The predicted molar refractivity (Wildman–Crippen MR) is 129 cm³/mol. The highest BCUT2D eigenvalue weighted by atomic mass is 19.1. The summed E-state index contributed by atoms with van der Waals surface area (Å²) in [5, 5.41) is 19.8. The van der Waals surface area contributed by atoms with E-state index in [0.29, 0.717) is 25.0 Å². The number of carbonyl (C=O) groups excluding carboxylic acids is 2. The summed E-state index contributed by atoms with van der Waals surface area (Å²) in [5.74, 6) is -5.82. The highest BCUT2D eigenvalue weighted by Gasteiger charge is 2.57. The second-order valence-electron chi connectivity index (χ2n) is 10.4. The number of aromatic nitrogens is 4. The maximum absolute atomic E-state index is 14.7. The van der Waals surface area contributed by atoms with E-state index in [9.17, 15) is 32.7 Å². The van der Waals surface area contributed by atoms with Gasteiger partial charge in [-0.05, 0) is 19.8 Å². The molecule has 0 saturated carbocycles. The van der Waals surface area contributed by atoms with Crippen molar-refractivity contribution in [1.29, 1.82) is 0 Å². The minimum Gasteiger partial charge on any atom is -0.503 e. The number of amides is 2. The third-order valence-corrected chi connectivity index (χ3v) is 8.13. The topological polar surface area (TPSA) is 149 Å². The smallest absolute Gasteiger partial charge is 0.274 e. The number of nitrogens with zero attached hydrogens (tertiary/aromatic N) is 6. The number of aromatic hydroxyl groups is 1. The van der Waals surface area contributed by atoms with E-state index in [-0.39, 0.29) is 24.7 Å². The summed E-state index contributed by atoms with van der Waals surface area (Å²) in [6.07, 6.45) is 4.29. The Morgan fingerprint density at radius 3 is 2.52 bits per heavy atom. The maximum Gasteiger partial charge on any atom is 0.274 e. The highest BCUT2D eigenvalue weighted by Crippen LogP contribution is 2.51. The molecule has 2 aromatic heterocycles. The van der Waals surface area contributed by atoms with Crippen LogP contribution in [0.5, 0.6) is 5.75 Å². The number of pyridine rings is 1. The van der Waals surface area contributed by atoms with Gasteiger partial charge < -0.3 is 24.9 Å². The number of nitrogens with two attached hydrogens (primary N) is 1. The average molecular weight is 560 g/mol. The molecular weight excluding hydrogens is 535 g/mol. The van der Waals surface area contributed by atoms with Crippen LogP contribution in [0.15, 0.2) is 35.8 Å². The molecule has 3 N–H and O–H groups in total. The first kappa shape index (κ1) is 26.0. The van der Waals surface area contributed by atoms with E-state index in [1.807, 2.05) is 6.92 Å². The quantitative estimate of drug-likeness (QED) is 0.490. The lowest BCUT2D eigenvalue weighted by Crippen LogP contribution is -2.52. The van der Waals surface area contributed by atoms with E-state index in [1.165, 1.54) is 27.2 Å². The van der Waals surface area contributed by atoms with Crippen molar-refractivity contribution in [1.82, 2.24) is 29.3 Å². The Labute approximate surface area is 224 Å². The zero-order valence-electron chi connectivity index (χ0n) is 21.1. The Balaban J connectivity index is 1.50.